The van der Waals surface area contributed by atoms with Crippen molar-refractivity contribution in [3.8, 4) is 11.5 Å². The molecule has 1 atom stereocenters. The highest BCUT2D eigenvalue weighted by molar-refractivity contribution is 9.10. The summed E-state index contributed by atoms with van der Waals surface area (Å²) in [5.41, 5.74) is 4.33. The van der Waals surface area contributed by atoms with Crippen molar-refractivity contribution in [2.75, 3.05) is 19.9 Å². The molecule has 0 saturated carbocycles. The van der Waals surface area contributed by atoms with Crippen LogP contribution in [0.3, 0.4) is 0 Å². The van der Waals surface area contributed by atoms with Crippen molar-refractivity contribution in [1.82, 2.24) is 10.3 Å². The molecule has 8 heteroatoms. The predicted molar refractivity (Wildman–Crippen MR) is 106 cm³/mol. The SMILES string of the molecule is O=C(CN1CC(c2ccccc2)CC1=O)NN=Cc1cc2c(cc1Br)OCO2. The van der Waals surface area contributed by atoms with E-state index >= 15 is 0 Å². The summed E-state index contributed by atoms with van der Waals surface area (Å²) in [6.07, 6.45) is 1.94. The molecule has 28 heavy (non-hydrogen) atoms. The van der Waals surface area contributed by atoms with Crippen molar-refractivity contribution < 1.29 is 19.1 Å². The number of carbonyl (C=O) groups is 2. The van der Waals surface area contributed by atoms with E-state index in [1.165, 1.54) is 6.21 Å². The Bertz CT molecular complexity index is 933. The van der Waals surface area contributed by atoms with Gasteiger partial charge in [-0.25, -0.2) is 5.43 Å². The molecule has 1 saturated heterocycles. The van der Waals surface area contributed by atoms with Crippen LogP contribution in [0.2, 0.25) is 0 Å². The molecule has 1 unspecified atom stereocenters. The number of nitrogens with one attached hydrogen (secondary N) is 1. The second-order valence-corrected chi connectivity index (χ2v) is 7.46. The van der Waals surface area contributed by atoms with Gasteiger partial charge in [-0.3, -0.25) is 9.59 Å². The lowest BCUT2D eigenvalue weighted by Crippen LogP contribution is -2.36. The Morgan fingerprint density at radius 1 is 1.25 bits per heavy atom. The average molecular weight is 444 g/mol. The smallest absolute Gasteiger partial charge is 0.259 e. The second-order valence-electron chi connectivity index (χ2n) is 6.61. The largest absolute Gasteiger partial charge is 0.454 e. The molecule has 2 aliphatic rings. The third-order valence-corrected chi connectivity index (χ3v) is 5.39. The minimum absolute atomic E-state index is 0.0121. The highest BCUT2D eigenvalue weighted by Crippen LogP contribution is 2.36. The zero-order valence-electron chi connectivity index (χ0n) is 14.9. The monoisotopic (exact) mass is 443 g/mol. The van der Waals surface area contributed by atoms with Crippen molar-refractivity contribution in [3.63, 3.8) is 0 Å². The van der Waals surface area contributed by atoms with Crippen molar-refractivity contribution in [1.29, 1.82) is 0 Å². The molecule has 2 aromatic rings. The molecule has 144 valence electrons. The second kappa shape index (κ2) is 8.02. The van der Waals surface area contributed by atoms with Crippen LogP contribution in [0.15, 0.2) is 52.0 Å². The van der Waals surface area contributed by atoms with Gasteiger partial charge in [0.25, 0.3) is 5.91 Å². The van der Waals surface area contributed by atoms with E-state index in [4.69, 9.17) is 9.47 Å². The minimum Gasteiger partial charge on any atom is -0.454 e. The van der Waals surface area contributed by atoms with Gasteiger partial charge in [-0.1, -0.05) is 30.3 Å². The number of likely N-dealkylation sites (tertiary alicyclic amines) is 1. The summed E-state index contributed by atoms with van der Waals surface area (Å²) in [5, 5.41) is 3.98. The normalized spacial score (nSPS) is 18.1. The number of hydrogen-bond donors (Lipinski definition) is 1. The van der Waals surface area contributed by atoms with Gasteiger partial charge in [0.15, 0.2) is 11.5 Å². The summed E-state index contributed by atoms with van der Waals surface area (Å²) < 4.78 is 11.4. The molecule has 4 rings (SSSR count). The van der Waals surface area contributed by atoms with Gasteiger partial charge in [0.05, 0.1) is 6.21 Å². The van der Waals surface area contributed by atoms with Crippen molar-refractivity contribution in [2.45, 2.75) is 12.3 Å². The standard InChI is InChI=1S/C20H18BrN3O4/c21-16-8-18-17(27-12-28-18)6-14(16)9-22-23-19(25)11-24-10-15(7-20(24)26)13-4-2-1-3-5-13/h1-6,8-9,15H,7,10-12H2,(H,23,25). The molecule has 0 aliphatic carbocycles. The summed E-state index contributed by atoms with van der Waals surface area (Å²) in [6, 6.07) is 13.4. The highest BCUT2D eigenvalue weighted by Gasteiger charge is 2.31. The van der Waals surface area contributed by atoms with E-state index in [0.29, 0.717) is 24.5 Å². The molecule has 0 spiro atoms. The predicted octanol–water partition coefficient (Wildman–Crippen LogP) is 2.64. The quantitative estimate of drug-likeness (QED) is 0.568. The molecule has 0 bridgehead atoms. The zero-order chi connectivity index (χ0) is 19.5. The van der Waals surface area contributed by atoms with Crippen LogP contribution >= 0.6 is 15.9 Å². The fraction of sp³-hybridized carbons (Fsp3) is 0.250. The first kappa shape index (κ1) is 18.5. The third kappa shape index (κ3) is 4.01. The molecule has 1 N–H and O–H groups in total. The summed E-state index contributed by atoms with van der Waals surface area (Å²) in [4.78, 5) is 26.0. The number of benzene rings is 2. The fourth-order valence-electron chi connectivity index (χ4n) is 3.29. The van der Waals surface area contributed by atoms with Crippen molar-refractivity contribution in [3.05, 3.63) is 58.1 Å². The molecular formula is C20H18BrN3O4. The number of hydrazone groups is 1. The first-order valence-electron chi connectivity index (χ1n) is 8.84. The number of hydrogen-bond acceptors (Lipinski definition) is 5. The van der Waals surface area contributed by atoms with E-state index in [2.05, 4.69) is 26.5 Å². The summed E-state index contributed by atoms with van der Waals surface area (Å²) in [7, 11) is 0. The van der Waals surface area contributed by atoms with Crippen LogP contribution in [0.25, 0.3) is 0 Å². The van der Waals surface area contributed by atoms with E-state index in [1.54, 1.807) is 17.0 Å². The average Bonchev–Trinajstić information content (AvgIpc) is 3.29. The van der Waals surface area contributed by atoms with Crippen LogP contribution in [0, 0.1) is 0 Å². The number of halogens is 1. The van der Waals surface area contributed by atoms with Gasteiger partial charge in [0.1, 0.15) is 6.54 Å². The van der Waals surface area contributed by atoms with Gasteiger partial charge >= 0.3 is 0 Å². The molecule has 2 aromatic carbocycles. The number of carbonyl (C=O) groups excluding carboxylic acids is 2. The van der Waals surface area contributed by atoms with Crippen molar-refractivity contribution >= 4 is 34.0 Å². The maximum absolute atomic E-state index is 12.2. The number of amides is 2. The molecule has 2 aliphatic heterocycles. The molecule has 0 aromatic heterocycles. The van der Waals surface area contributed by atoms with Crippen LogP contribution in [-0.4, -0.2) is 42.8 Å². The Labute approximate surface area is 170 Å². The van der Waals surface area contributed by atoms with E-state index in [0.717, 1.165) is 15.6 Å². The third-order valence-electron chi connectivity index (χ3n) is 4.70. The summed E-state index contributed by atoms with van der Waals surface area (Å²) in [5.74, 6) is 1.05. The minimum atomic E-state index is -0.338. The van der Waals surface area contributed by atoms with Crippen LogP contribution < -0.4 is 14.9 Å². The fourth-order valence-corrected chi connectivity index (χ4v) is 3.71. The van der Waals surface area contributed by atoms with E-state index in [9.17, 15) is 9.59 Å². The Morgan fingerprint density at radius 3 is 2.79 bits per heavy atom. The number of nitrogens with zero attached hydrogens (tertiary/aromatic N) is 2. The lowest BCUT2D eigenvalue weighted by atomic mass is 9.99. The van der Waals surface area contributed by atoms with E-state index < -0.39 is 0 Å². The van der Waals surface area contributed by atoms with Crippen LogP contribution in [-0.2, 0) is 9.59 Å². The maximum Gasteiger partial charge on any atom is 0.259 e. The first-order valence-corrected chi connectivity index (χ1v) is 9.63. The van der Waals surface area contributed by atoms with Crippen LogP contribution in [0.1, 0.15) is 23.5 Å². The van der Waals surface area contributed by atoms with Crippen molar-refractivity contribution in [2.24, 2.45) is 5.10 Å². The van der Waals surface area contributed by atoms with Gasteiger partial charge < -0.3 is 14.4 Å². The topological polar surface area (TPSA) is 80.2 Å². The van der Waals surface area contributed by atoms with Gasteiger partial charge in [-0.15, -0.1) is 0 Å². The Hall–Kier alpha value is -2.87. The van der Waals surface area contributed by atoms with Crippen LogP contribution in [0.4, 0.5) is 0 Å². The Balaban J connectivity index is 1.32. The lowest BCUT2D eigenvalue weighted by Gasteiger charge is -2.15. The van der Waals surface area contributed by atoms with Gasteiger partial charge in [-0.2, -0.15) is 5.10 Å². The number of ether oxygens (including phenoxy) is 2. The first-order chi connectivity index (χ1) is 13.6. The molecule has 2 heterocycles. The Kier molecular flexibility index (Phi) is 5.29. The number of rotatable bonds is 5. The van der Waals surface area contributed by atoms with Gasteiger partial charge in [0, 0.05) is 28.9 Å². The highest BCUT2D eigenvalue weighted by atomic mass is 79.9. The maximum atomic E-state index is 12.2. The lowest BCUT2D eigenvalue weighted by molar-refractivity contribution is -0.133. The van der Waals surface area contributed by atoms with E-state index in [-0.39, 0.29) is 31.1 Å². The zero-order valence-corrected chi connectivity index (χ0v) is 16.5. The van der Waals surface area contributed by atoms with Gasteiger partial charge in [0.2, 0.25) is 12.7 Å². The van der Waals surface area contributed by atoms with Crippen LogP contribution in [0.5, 0.6) is 11.5 Å². The molecule has 0 radical (unpaired) electrons. The summed E-state index contributed by atoms with van der Waals surface area (Å²) >= 11 is 3.43. The molecule has 7 nitrogen and oxygen atoms in total. The van der Waals surface area contributed by atoms with Gasteiger partial charge in [-0.05, 0) is 33.6 Å². The Morgan fingerprint density at radius 2 is 2.00 bits per heavy atom. The number of fused-ring (bicyclic) bond motifs is 1. The molecular weight excluding hydrogens is 426 g/mol. The molecule has 2 amide bonds. The van der Waals surface area contributed by atoms with E-state index in [1.807, 2.05) is 30.3 Å². The summed E-state index contributed by atoms with van der Waals surface area (Å²) in [6.45, 7) is 0.711. The molecule has 1 fully saturated rings.